The zero-order valence-electron chi connectivity index (χ0n) is 9.92. The Bertz CT molecular complexity index is 583. The summed E-state index contributed by atoms with van der Waals surface area (Å²) in [6, 6.07) is 4.19. The monoisotopic (exact) mass is 244 g/mol. The lowest BCUT2D eigenvalue weighted by atomic mass is 9.93. The third-order valence-corrected chi connectivity index (χ3v) is 3.12. The molecule has 1 aliphatic carbocycles. The predicted octanol–water partition coefficient (Wildman–Crippen LogP) is 3.02. The Morgan fingerprint density at radius 3 is 3.00 bits per heavy atom. The molecule has 92 valence electrons. The van der Waals surface area contributed by atoms with Crippen molar-refractivity contribution in [3.05, 3.63) is 29.6 Å². The summed E-state index contributed by atoms with van der Waals surface area (Å²) in [5.74, 6) is 6.07. The minimum absolute atomic E-state index is 0.368. The van der Waals surface area contributed by atoms with Gasteiger partial charge in [-0.05, 0) is 38.0 Å². The number of hydrogen-bond acceptors (Lipinski definition) is 2. The van der Waals surface area contributed by atoms with Gasteiger partial charge in [-0.2, -0.15) is 0 Å². The van der Waals surface area contributed by atoms with Crippen molar-refractivity contribution in [1.29, 1.82) is 0 Å². The van der Waals surface area contributed by atoms with Gasteiger partial charge in [-0.25, -0.2) is 9.18 Å². The second-order valence-corrected chi connectivity index (χ2v) is 4.78. The van der Waals surface area contributed by atoms with Crippen molar-refractivity contribution in [2.24, 2.45) is 5.92 Å². The van der Waals surface area contributed by atoms with E-state index in [1.165, 1.54) is 18.2 Å². The molecule has 0 radical (unpaired) electrons. The summed E-state index contributed by atoms with van der Waals surface area (Å²) in [5, 5.41) is 2.55. The highest BCUT2D eigenvalue weighted by Gasteiger charge is 2.37. The Morgan fingerprint density at radius 2 is 2.28 bits per heavy atom. The van der Waals surface area contributed by atoms with E-state index in [9.17, 15) is 9.18 Å². The van der Waals surface area contributed by atoms with Crippen molar-refractivity contribution < 1.29 is 13.9 Å². The van der Waals surface area contributed by atoms with Gasteiger partial charge in [0.15, 0.2) is 5.60 Å². The van der Waals surface area contributed by atoms with E-state index < -0.39 is 11.7 Å². The lowest BCUT2D eigenvalue weighted by molar-refractivity contribution is 0.0711. The Balaban J connectivity index is 2.07. The lowest BCUT2D eigenvalue weighted by Gasteiger charge is -2.31. The molecule has 2 aliphatic rings. The van der Waals surface area contributed by atoms with Crippen LogP contribution in [0, 0.1) is 23.6 Å². The summed E-state index contributed by atoms with van der Waals surface area (Å²) in [5.41, 5.74) is 0.0537. The molecule has 3 rings (SSSR count). The number of cyclic esters (lactones) is 1. The van der Waals surface area contributed by atoms with Crippen LogP contribution >= 0.6 is 0 Å². The molecule has 0 saturated heterocycles. The highest BCUT2D eigenvalue weighted by Crippen LogP contribution is 2.36. The van der Waals surface area contributed by atoms with Crippen LogP contribution in [0.3, 0.4) is 0 Å². The fourth-order valence-electron chi connectivity index (χ4n) is 1.96. The minimum Gasteiger partial charge on any atom is -0.425 e. The molecule has 1 atom stereocenters. The van der Waals surface area contributed by atoms with E-state index in [0.29, 0.717) is 17.2 Å². The number of halogens is 1. The van der Waals surface area contributed by atoms with Gasteiger partial charge in [0.1, 0.15) is 5.82 Å². The number of hydrogen-bond donors (Lipinski definition) is 1. The van der Waals surface area contributed by atoms with Gasteiger partial charge >= 0.3 is 6.09 Å². The van der Waals surface area contributed by atoms with Crippen LogP contribution in [0.5, 0.6) is 0 Å². The molecule has 3 nitrogen and oxygen atoms in total. The molecule has 1 aromatic carbocycles. The van der Waals surface area contributed by atoms with Crippen molar-refractivity contribution in [2.45, 2.75) is 25.4 Å². The van der Waals surface area contributed by atoms with Gasteiger partial charge in [0, 0.05) is 11.5 Å². The summed E-state index contributed by atoms with van der Waals surface area (Å²) in [4.78, 5) is 11.5. The van der Waals surface area contributed by atoms with Crippen LogP contribution in [0.15, 0.2) is 18.2 Å². The number of benzene rings is 1. The normalized spacial score (nSPS) is 25.3. The van der Waals surface area contributed by atoms with Gasteiger partial charge in [0.2, 0.25) is 0 Å². The summed E-state index contributed by atoms with van der Waals surface area (Å²) in [7, 11) is 0. The first-order chi connectivity index (χ1) is 8.57. The molecule has 1 N–H and O–H groups in total. The van der Waals surface area contributed by atoms with E-state index in [2.05, 4.69) is 17.2 Å². The predicted molar refractivity (Wildman–Crippen MR) is 64.4 cm³/mol. The van der Waals surface area contributed by atoms with Crippen molar-refractivity contribution in [2.75, 3.05) is 5.32 Å². The number of amides is 1. The molecule has 0 spiro atoms. The van der Waals surface area contributed by atoms with Crippen LogP contribution in [0.25, 0.3) is 0 Å². The van der Waals surface area contributed by atoms with Crippen molar-refractivity contribution in [3.8, 4) is 11.8 Å². The highest BCUT2D eigenvalue weighted by molar-refractivity contribution is 5.89. The molecular weight excluding hydrogens is 232 g/mol. The SMILES string of the molecule is C[C@@]1(C#CC2CC2)OC(=O)Nc2ccc([18F])cc21. The van der Waals surface area contributed by atoms with E-state index in [4.69, 9.17) is 4.74 Å². The molecule has 1 amide bonds. The molecule has 18 heavy (non-hydrogen) atoms. The van der Waals surface area contributed by atoms with Crippen LogP contribution < -0.4 is 5.32 Å². The van der Waals surface area contributed by atoms with E-state index >= 15 is 0 Å². The zero-order valence-corrected chi connectivity index (χ0v) is 9.92. The summed E-state index contributed by atoms with van der Waals surface area (Å²) in [6.45, 7) is 1.69. The quantitative estimate of drug-likeness (QED) is 0.712. The fraction of sp³-hybridized carbons (Fsp3) is 0.357. The fourth-order valence-corrected chi connectivity index (χ4v) is 1.96. The summed E-state index contributed by atoms with van der Waals surface area (Å²) >= 11 is 0. The van der Waals surface area contributed by atoms with Gasteiger partial charge in [0.05, 0.1) is 5.69 Å². The Morgan fingerprint density at radius 1 is 1.50 bits per heavy atom. The van der Waals surface area contributed by atoms with Crippen molar-refractivity contribution >= 4 is 11.8 Å². The summed E-state index contributed by atoms with van der Waals surface area (Å²) < 4.78 is 18.6. The Hall–Kier alpha value is -2.02. The maximum atomic E-state index is 13.3. The van der Waals surface area contributed by atoms with Crippen molar-refractivity contribution in [3.63, 3.8) is 0 Å². The van der Waals surface area contributed by atoms with Gasteiger partial charge in [-0.3, -0.25) is 5.32 Å². The number of carbonyl (C=O) groups excluding carboxylic acids is 1. The molecular formula is C14H12FNO2. The molecule has 1 saturated carbocycles. The van der Waals surface area contributed by atoms with E-state index in [-0.39, 0.29) is 5.82 Å². The average molecular weight is 244 g/mol. The van der Waals surface area contributed by atoms with Crippen LogP contribution in [0.4, 0.5) is 14.9 Å². The second kappa shape index (κ2) is 3.74. The number of anilines is 1. The number of ether oxygens (including phenoxy) is 1. The maximum absolute atomic E-state index is 13.3. The highest BCUT2D eigenvalue weighted by atomic mass is 18.2. The van der Waals surface area contributed by atoms with Gasteiger partial charge in [0.25, 0.3) is 0 Å². The lowest BCUT2D eigenvalue weighted by Crippen LogP contribution is -2.36. The Kier molecular flexibility index (Phi) is 2.30. The molecule has 0 bridgehead atoms. The van der Waals surface area contributed by atoms with Gasteiger partial charge in [-0.15, -0.1) is 0 Å². The second-order valence-electron chi connectivity index (χ2n) is 4.78. The standard InChI is InChI=1S/C14H12FNO2/c1-14(7-6-9-2-3-9)11-8-10(15)4-5-12(11)16-13(17)18-14/h4-5,8-9H,2-3H2,1H3,(H,16,17)/t14-/m0/s1/i15-1. The number of fused-ring (bicyclic) bond motifs is 1. The molecule has 4 heteroatoms. The van der Waals surface area contributed by atoms with E-state index in [0.717, 1.165) is 12.8 Å². The van der Waals surface area contributed by atoms with Crippen LogP contribution in [0.2, 0.25) is 0 Å². The first kappa shape index (κ1) is 11.1. The first-order valence-corrected chi connectivity index (χ1v) is 5.89. The molecule has 0 unspecified atom stereocenters. The largest absolute Gasteiger partial charge is 0.425 e. The molecule has 1 heterocycles. The maximum Gasteiger partial charge on any atom is 0.413 e. The average Bonchev–Trinajstić information content (AvgIpc) is 3.12. The minimum atomic E-state index is -1.07. The van der Waals surface area contributed by atoms with E-state index in [1.54, 1.807) is 6.92 Å². The Labute approximate surface area is 104 Å². The number of carbonyl (C=O) groups is 1. The zero-order chi connectivity index (χ0) is 12.8. The summed E-state index contributed by atoms with van der Waals surface area (Å²) in [6.07, 6.45) is 1.62. The number of rotatable bonds is 0. The van der Waals surface area contributed by atoms with Crippen molar-refractivity contribution in [1.82, 2.24) is 0 Å². The topological polar surface area (TPSA) is 38.3 Å². The van der Waals surface area contributed by atoms with Crippen LogP contribution in [-0.2, 0) is 10.3 Å². The smallest absolute Gasteiger partial charge is 0.413 e. The molecule has 1 fully saturated rings. The first-order valence-electron chi connectivity index (χ1n) is 5.89. The van der Waals surface area contributed by atoms with Crippen LogP contribution in [0.1, 0.15) is 25.3 Å². The molecule has 0 aromatic heterocycles. The third kappa shape index (κ3) is 1.92. The molecule has 1 aromatic rings. The van der Waals surface area contributed by atoms with E-state index in [1.807, 2.05) is 0 Å². The van der Waals surface area contributed by atoms with Gasteiger partial charge in [-0.1, -0.05) is 11.8 Å². The number of nitrogens with one attached hydrogen (secondary N) is 1. The third-order valence-electron chi connectivity index (χ3n) is 3.12. The molecule has 1 aliphatic heterocycles. The van der Waals surface area contributed by atoms with Crippen LogP contribution in [-0.4, -0.2) is 6.09 Å². The van der Waals surface area contributed by atoms with Gasteiger partial charge < -0.3 is 4.74 Å².